The molecule has 4 heteroatoms. The lowest BCUT2D eigenvalue weighted by Crippen LogP contribution is -2.06. The average Bonchev–Trinajstić information content (AvgIpc) is 2.89. The Morgan fingerprint density at radius 1 is 1.32 bits per heavy atom. The van der Waals surface area contributed by atoms with E-state index in [0.717, 1.165) is 10.6 Å². The first-order valence-corrected chi connectivity index (χ1v) is 7.00. The summed E-state index contributed by atoms with van der Waals surface area (Å²) in [4.78, 5) is 15.5. The van der Waals surface area contributed by atoms with E-state index < -0.39 is 0 Å². The summed E-state index contributed by atoms with van der Waals surface area (Å²) in [6.07, 6.45) is 4.97. The Hall–Kier alpha value is -1.94. The van der Waals surface area contributed by atoms with Crippen molar-refractivity contribution in [3.8, 4) is 0 Å². The van der Waals surface area contributed by atoms with E-state index in [9.17, 15) is 4.79 Å². The van der Waals surface area contributed by atoms with Crippen LogP contribution in [0.25, 0.3) is 6.08 Å². The predicted molar refractivity (Wildman–Crippen MR) is 80.3 cm³/mol. The number of anilines is 1. The van der Waals surface area contributed by atoms with Crippen LogP contribution in [0.3, 0.4) is 0 Å². The molecule has 0 aliphatic rings. The van der Waals surface area contributed by atoms with Crippen LogP contribution in [0.15, 0.2) is 42.0 Å². The minimum absolute atomic E-state index is 0.141. The summed E-state index contributed by atoms with van der Waals surface area (Å²) >= 11 is 1.40. The van der Waals surface area contributed by atoms with Crippen LogP contribution in [-0.4, -0.2) is 10.9 Å². The fourth-order valence-corrected chi connectivity index (χ4v) is 2.12. The second kappa shape index (κ2) is 6.29. The molecule has 0 atom stereocenters. The Morgan fingerprint density at radius 2 is 2.05 bits per heavy atom. The molecular formula is C15H16N2OS. The van der Waals surface area contributed by atoms with E-state index in [1.165, 1.54) is 23.0 Å². The van der Waals surface area contributed by atoms with Gasteiger partial charge in [-0.05, 0) is 23.1 Å². The van der Waals surface area contributed by atoms with Crippen LogP contribution in [0.2, 0.25) is 0 Å². The molecule has 1 N–H and O–H groups in total. The molecule has 0 radical (unpaired) electrons. The smallest absolute Gasteiger partial charge is 0.249 e. The van der Waals surface area contributed by atoms with Crippen molar-refractivity contribution in [2.45, 2.75) is 19.8 Å². The molecule has 0 spiro atoms. The van der Waals surface area contributed by atoms with E-state index in [1.54, 1.807) is 17.8 Å². The molecule has 2 aromatic rings. The Morgan fingerprint density at radius 3 is 2.63 bits per heavy atom. The third-order valence-corrected chi connectivity index (χ3v) is 3.40. The van der Waals surface area contributed by atoms with E-state index in [4.69, 9.17) is 0 Å². The quantitative estimate of drug-likeness (QED) is 0.857. The number of carbonyl (C=O) groups is 1. The number of hydrogen-bond donors (Lipinski definition) is 1. The van der Waals surface area contributed by atoms with Crippen LogP contribution in [0, 0.1) is 0 Å². The Kier molecular flexibility index (Phi) is 4.47. The predicted octanol–water partition coefficient (Wildman–Crippen LogP) is 3.92. The van der Waals surface area contributed by atoms with E-state index in [2.05, 4.69) is 36.3 Å². The lowest BCUT2D eigenvalue weighted by Gasteiger charge is -2.04. The molecule has 0 saturated heterocycles. The second-order valence-electron chi connectivity index (χ2n) is 4.51. The number of hydrogen-bond acceptors (Lipinski definition) is 3. The van der Waals surface area contributed by atoms with Gasteiger partial charge in [-0.2, -0.15) is 0 Å². The van der Waals surface area contributed by atoms with Gasteiger partial charge >= 0.3 is 0 Å². The number of carbonyl (C=O) groups excluding carboxylic acids is 1. The number of rotatable bonds is 4. The van der Waals surface area contributed by atoms with Crippen molar-refractivity contribution in [1.29, 1.82) is 0 Å². The van der Waals surface area contributed by atoms with Gasteiger partial charge in [0.05, 0.1) is 11.7 Å². The second-order valence-corrected chi connectivity index (χ2v) is 5.40. The molecule has 0 fully saturated rings. The van der Waals surface area contributed by atoms with Crippen molar-refractivity contribution >= 4 is 28.3 Å². The highest BCUT2D eigenvalue weighted by Gasteiger charge is 2.00. The van der Waals surface area contributed by atoms with E-state index in [-0.39, 0.29) is 5.91 Å². The van der Waals surface area contributed by atoms with Crippen molar-refractivity contribution in [2.24, 2.45) is 0 Å². The van der Waals surface area contributed by atoms with Crippen molar-refractivity contribution < 1.29 is 4.79 Å². The Bertz CT molecular complexity index is 556. The number of benzene rings is 1. The minimum atomic E-state index is -0.141. The number of aromatic nitrogens is 1. The van der Waals surface area contributed by atoms with Gasteiger partial charge in [0.2, 0.25) is 5.91 Å². The van der Waals surface area contributed by atoms with Gasteiger partial charge in [0.15, 0.2) is 0 Å². The van der Waals surface area contributed by atoms with Crippen molar-refractivity contribution in [1.82, 2.24) is 4.98 Å². The maximum Gasteiger partial charge on any atom is 0.249 e. The summed E-state index contributed by atoms with van der Waals surface area (Å²) in [5, 5.41) is 3.51. The van der Waals surface area contributed by atoms with Gasteiger partial charge in [0.25, 0.3) is 0 Å². The van der Waals surface area contributed by atoms with Gasteiger partial charge in [-0.3, -0.25) is 9.78 Å². The SMILES string of the molecule is CC(C)c1ccc(/C=C/C(=O)Nc2cncs2)cc1. The zero-order valence-electron chi connectivity index (χ0n) is 11.0. The normalized spacial score (nSPS) is 11.1. The van der Waals surface area contributed by atoms with E-state index >= 15 is 0 Å². The molecule has 2 rings (SSSR count). The number of thiazole rings is 1. The van der Waals surface area contributed by atoms with Crippen LogP contribution < -0.4 is 5.32 Å². The minimum Gasteiger partial charge on any atom is -0.313 e. The van der Waals surface area contributed by atoms with Crippen LogP contribution in [0.1, 0.15) is 30.9 Å². The standard InChI is InChI=1S/C15H16N2OS/c1-11(2)13-6-3-12(4-7-13)5-8-14(18)17-15-9-16-10-19-15/h3-11H,1-2H3,(H,17,18)/b8-5+. The summed E-state index contributed by atoms with van der Waals surface area (Å²) in [6.45, 7) is 4.32. The molecular weight excluding hydrogens is 256 g/mol. The maximum absolute atomic E-state index is 11.6. The first-order chi connectivity index (χ1) is 9.15. The van der Waals surface area contributed by atoms with Gasteiger partial charge in [-0.25, -0.2) is 0 Å². The van der Waals surface area contributed by atoms with Gasteiger partial charge in [-0.15, -0.1) is 11.3 Å². The number of amides is 1. The Labute approximate surface area is 117 Å². The molecule has 0 aliphatic heterocycles. The Balaban J connectivity index is 1.96. The topological polar surface area (TPSA) is 42.0 Å². The molecule has 98 valence electrons. The molecule has 0 saturated carbocycles. The van der Waals surface area contributed by atoms with Crippen LogP contribution in [-0.2, 0) is 4.79 Å². The first kappa shape index (κ1) is 13.5. The van der Waals surface area contributed by atoms with E-state index in [1.807, 2.05) is 12.1 Å². The summed E-state index contributed by atoms with van der Waals surface area (Å²) in [5.41, 5.74) is 4.00. The average molecular weight is 272 g/mol. The maximum atomic E-state index is 11.6. The first-order valence-electron chi connectivity index (χ1n) is 6.12. The molecule has 1 aromatic heterocycles. The molecule has 1 aromatic carbocycles. The van der Waals surface area contributed by atoms with Gasteiger partial charge in [-0.1, -0.05) is 38.1 Å². The molecule has 0 bridgehead atoms. The van der Waals surface area contributed by atoms with Gasteiger partial charge < -0.3 is 5.32 Å². The summed E-state index contributed by atoms with van der Waals surface area (Å²) in [6, 6.07) is 8.22. The van der Waals surface area contributed by atoms with E-state index in [0.29, 0.717) is 5.92 Å². The number of nitrogens with zero attached hydrogens (tertiary/aromatic N) is 1. The molecule has 1 heterocycles. The monoisotopic (exact) mass is 272 g/mol. The van der Waals surface area contributed by atoms with Crippen LogP contribution in [0.4, 0.5) is 5.00 Å². The van der Waals surface area contributed by atoms with Crippen molar-refractivity contribution in [3.63, 3.8) is 0 Å². The highest BCUT2D eigenvalue weighted by atomic mass is 32.1. The third-order valence-electron chi connectivity index (χ3n) is 2.71. The summed E-state index contributed by atoms with van der Waals surface area (Å²) in [5.74, 6) is 0.379. The lowest BCUT2D eigenvalue weighted by molar-refractivity contribution is -0.111. The zero-order chi connectivity index (χ0) is 13.7. The highest BCUT2D eigenvalue weighted by Crippen LogP contribution is 2.15. The number of nitrogens with one attached hydrogen (secondary N) is 1. The van der Waals surface area contributed by atoms with Gasteiger partial charge in [0.1, 0.15) is 5.00 Å². The van der Waals surface area contributed by atoms with Crippen molar-refractivity contribution in [3.05, 3.63) is 53.2 Å². The molecule has 3 nitrogen and oxygen atoms in total. The molecule has 19 heavy (non-hydrogen) atoms. The lowest BCUT2D eigenvalue weighted by atomic mass is 10.0. The fraction of sp³-hybridized carbons (Fsp3) is 0.200. The highest BCUT2D eigenvalue weighted by molar-refractivity contribution is 7.14. The van der Waals surface area contributed by atoms with Crippen molar-refractivity contribution in [2.75, 3.05) is 5.32 Å². The van der Waals surface area contributed by atoms with Crippen LogP contribution in [0.5, 0.6) is 0 Å². The fourth-order valence-electron chi connectivity index (χ4n) is 1.60. The summed E-state index contributed by atoms with van der Waals surface area (Å²) in [7, 11) is 0. The largest absolute Gasteiger partial charge is 0.313 e. The zero-order valence-corrected chi connectivity index (χ0v) is 11.8. The summed E-state index contributed by atoms with van der Waals surface area (Å²) < 4.78 is 0. The van der Waals surface area contributed by atoms with Gasteiger partial charge in [0, 0.05) is 6.08 Å². The molecule has 1 amide bonds. The van der Waals surface area contributed by atoms with Crippen LogP contribution >= 0.6 is 11.3 Å². The molecule has 0 unspecified atom stereocenters. The molecule has 0 aliphatic carbocycles. The third kappa shape index (κ3) is 4.03.